The molecular weight excluding hydrogens is 130 g/mol. The fraction of sp³-hybridized carbons (Fsp3) is 0.286. The topological polar surface area (TPSA) is 45.7 Å². The molecular formula is C7H9NO2. The van der Waals surface area contributed by atoms with Crippen LogP contribution in [0.3, 0.4) is 0 Å². The van der Waals surface area contributed by atoms with Crippen LogP contribution in [0.5, 0.6) is 0 Å². The highest BCUT2D eigenvalue weighted by Crippen LogP contribution is 2.05. The molecule has 0 bridgehead atoms. The van der Waals surface area contributed by atoms with Crippen LogP contribution in [0.1, 0.15) is 18.4 Å². The summed E-state index contributed by atoms with van der Waals surface area (Å²) in [4.78, 5) is 0. The highest BCUT2D eigenvalue weighted by molar-refractivity contribution is 5.75. The van der Waals surface area contributed by atoms with Crippen molar-refractivity contribution in [3.05, 3.63) is 23.7 Å². The molecule has 0 saturated heterocycles. The third-order valence-electron chi connectivity index (χ3n) is 1.22. The van der Waals surface area contributed by atoms with E-state index in [9.17, 15) is 0 Å². The van der Waals surface area contributed by atoms with Crippen molar-refractivity contribution in [1.82, 2.24) is 0 Å². The van der Waals surface area contributed by atoms with Crippen LogP contribution in [0.4, 0.5) is 0 Å². The molecule has 0 spiro atoms. The minimum Gasteiger partial charge on any atom is -0.460 e. The number of hydrogen-bond donors (Lipinski definition) is 1. The first-order valence-electron chi connectivity index (χ1n) is 3.13. The lowest BCUT2D eigenvalue weighted by Crippen LogP contribution is -1.73. The number of furan rings is 1. The van der Waals surface area contributed by atoms with Gasteiger partial charge in [0.1, 0.15) is 17.7 Å². The van der Waals surface area contributed by atoms with E-state index in [0.29, 0.717) is 5.76 Å². The lowest BCUT2D eigenvalue weighted by Gasteiger charge is -1.84. The summed E-state index contributed by atoms with van der Waals surface area (Å²) in [6.45, 7) is 2.00. The van der Waals surface area contributed by atoms with Gasteiger partial charge in [0.05, 0.1) is 0 Å². The van der Waals surface area contributed by atoms with E-state index in [1.165, 1.54) is 6.21 Å². The minimum absolute atomic E-state index is 0.583. The van der Waals surface area contributed by atoms with Gasteiger partial charge in [0.15, 0.2) is 0 Å². The molecule has 54 valence electrons. The summed E-state index contributed by atoms with van der Waals surface area (Å²) < 4.78 is 5.16. The average Bonchev–Trinajstić information content (AvgIpc) is 2.37. The molecule has 1 rings (SSSR count). The summed E-state index contributed by atoms with van der Waals surface area (Å²) in [7, 11) is 0. The molecule has 10 heavy (non-hydrogen) atoms. The zero-order valence-electron chi connectivity index (χ0n) is 5.74. The third-order valence-corrected chi connectivity index (χ3v) is 1.22. The van der Waals surface area contributed by atoms with Crippen molar-refractivity contribution in [2.75, 3.05) is 0 Å². The van der Waals surface area contributed by atoms with E-state index in [0.717, 1.165) is 12.2 Å². The van der Waals surface area contributed by atoms with Gasteiger partial charge in [0, 0.05) is 6.42 Å². The fourth-order valence-corrected chi connectivity index (χ4v) is 0.711. The molecule has 0 unspecified atom stereocenters. The van der Waals surface area contributed by atoms with Crippen molar-refractivity contribution in [2.24, 2.45) is 5.16 Å². The molecule has 3 heteroatoms. The highest BCUT2D eigenvalue weighted by Gasteiger charge is 1.95. The Bertz CT molecular complexity index is 227. The monoisotopic (exact) mass is 139 g/mol. The number of rotatable bonds is 2. The molecule has 1 aromatic rings. The molecule has 0 aliphatic rings. The van der Waals surface area contributed by atoms with E-state index in [1.807, 2.05) is 13.0 Å². The van der Waals surface area contributed by atoms with Gasteiger partial charge in [-0.1, -0.05) is 12.1 Å². The van der Waals surface area contributed by atoms with Crippen molar-refractivity contribution in [2.45, 2.75) is 13.3 Å². The van der Waals surface area contributed by atoms with E-state index in [2.05, 4.69) is 5.16 Å². The van der Waals surface area contributed by atoms with Crippen molar-refractivity contribution < 1.29 is 9.62 Å². The summed E-state index contributed by atoms with van der Waals surface area (Å²) in [6, 6.07) is 3.62. The van der Waals surface area contributed by atoms with Crippen molar-refractivity contribution in [3.8, 4) is 0 Å². The Hall–Kier alpha value is -1.25. The number of aryl methyl sites for hydroxylation is 1. The first-order valence-corrected chi connectivity index (χ1v) is 3.13. The molecule has 0 amide bonds. The van der Waals surface area contributed by atoms with Gasteiger partial charge in [0.2, 0.25) is 0 Å². The summed E-state index contributed by atoms with van der Waals surface area (Å²) in [6.07, 6.45) is 2.12. The summed E-state index contributed by atoms with van der Waals surface area (Å²) in [5.74, 6) is 1.48. The Labute approximate surface area is 59.0 Å². The quantitative estimate of drug-likeness (QED) is 0.384. The summed E-state index contributed by atoms with van der Waals surface area (Å²) in [5, 5.41) is 10.9. The van der Waals surface area contributed by atoms with E-state index >= 15 is 0 Å². The Kier molecular flexibility index (Phi) is 2.10. The predicted molar refractivity (Wildman–Crippen MR) is 37.5 cm³/mol. The Morgan fingerprint density at radius 1 is 1.70 bits per heavy atom. The second-order valence-electron chi connectivity index (χ2n) is 1.90. The van der Waals surface area contributed by atoms with Gasteiger partial charge in [-0.25, -0.2) is 0 Å². The van der Waals surface area contributed by atoms with Gasteiger partial charge in [-0.05, 0) is 12.1 Å². The van der Waals surface area contributed by atoms with Gasteiger partial charge in [-0.15, -0.1) is 0 Å². The van der Waals surface area contributed by atoms with Crippen molar-refractivity contribution in [3.63, 3.8) is 0 Å². The standard InChI is InChI=1S/C7H9NO2/c1-2-6-3-4-7(10-6)5-8-9/h3-5,9H,2H2,1H3. The van der Waals surface area contributed by atoms with Crippen molar-refractivity contribution in [1.29, 1.82) is 0 Å². The van der Waals surface area contributed by atoms with Gasteiger partial charge in [-0.2, -0.15) is 0 Å². The van der Waals surface area contributed by atoms with E-state index < -0.39 is 0 Å². The van der Waals surface area contributed by atoms with E-state index in [-0.39, 0.29) is 0 Å². The molecule has 1 heterocycles. The molecule has 0 aliphatic heterocycles. The number of oxime groups is 1. The smallest absolute Gasteiger partial charge is 0.148 e. The average molecular weight is 139 g/mol. The molecule has 0 aromatic carbocycles. The Morgan fingerprint density at radius 3 is 3.00 bits per heavy atom. The number of nitrogens with zero attached hydrogens (tertiary/aromatic N) is 1. The molecule has 3 nitrogen and oxygen atoms in total. The van der Waals surface area contributed by atoms with Crippen LogP contribution in [0, 0.1) is 0 Å². The first-order chi connectivity index (χ1) is 4.86. The maximum absolute atomic E-state index is 8.11. The number of hydrogen-bond acceptors (Lipinski definition) is 3. The zero-order valence-corrected chi connectivity index (χ0v) is 5.74. The van der Waals surface area contributed by atoms with Gasteiger partial charge in [0.25, 0.3) is 0 Å². The van der Waals surface area contributed by atoms with Crippen LogP contribution < -0.4 is 0 Å². The van der Waals surface area contributed by atoms with E-state index in [4.69, 9.17) is 9.62 Å². The second kappa shape index (κ2) is 3.06. The SMILES string of the molecule is CCc1ccc(C=NO)o1. The lowest BCUT2D eigenvalue weighted by atomic mass is 10.4. The third kappa shape index (κ3) is 1.37. The van der Waals surface area contributed by atoms with Crippen LogP contribution in [0.2, 0.25) is 0 Å². The van der Waals surface area contributed by atoms with Crippen LogP contribution in [0.25, 0.3) is 0 Å². The Morgan fingerprint density at radius 2 is 2.50 bits per heavy atom. The molecule has 1 N–H and O–H groups in total. The summed E-state index contributed by atoms with van der Waals surface area (Å²) >= 11 is 0. The molecule has 1 aromatic heterocycles. The van der Waals surface area contributed by atoms with Gasteiger partial charge < -0.3 is 9.62 Å². The molecule has 0 saturated carbocycles. The maximum Gasteiger partial charge on any atom is 0.148 e. The largest absolute Gasteiger partial charge is 0.460 e. The molecule has 0 atom stereocenters. The summed E-state index contributed by atoms with van der Waals surface area (Å²) in [5.41, 5.74) is 0. The Balaban J connectivity index is 2.78. The van der Waals surface area contributed by atoms with Crippen LogP contribution in [-0.4, -0.2) is 11.4 Å². The van der Waals surface area contributed by atoms with Crippen LogP contribution in [-0.2, 0) is 6.42 Å². The normalized spacial score (nSPS) is 10.9. The molecule has 0 radical (unpaired) electrons. The van der Waals surface area contributed by atoms with Gasteiger partial charge >= 0.3 is 0 Å². The highest BCUT2D eigenvalue weighted by atomic mass is 16.4. The zero-order chi connectivity index (χ0) is 7.40. The van der Waals surface area contributed by atoms with Gasteiger partial charge in [-0.3, -0.25) is 0 Å². The van der Waals surface area contributed by atoms with E-state index in [1.54, 1.807) is 6.07 Å². The minimum atomic E-state index is 0.583. The lowest BCUT2D eigenvalue weighted by molar-refractivity contribution is 0.320. The van der Waals surface area contributed by atoms with Crippen LogP contribution >= 0.6 is 0 Å². The fourth-order valence-electron chi connectivity index (χ4n) is 0.711. The maximum atomic E-state index is 8.11. The van der Waals surface area contributed by atoms with Crippen LogP contribution in [0.15, 0.2) is 21.7 Å². The second-order valence-corrected chi connectivity index (χ2v) is 1.90. The molecule has 0 aliphatic carbocycles. The molecule has 0 fully saturated rings. The predicted octanol–water partition coefficient (Wildman–Crippen LogP) is 1.65. The van der Waals surface area contributed by atoms with Crippen molar-refractivity contribution >= 4 is 6.21 Å². The first kappa shape index (κ1) is 6.86.